The molecule has 28 heavy (non-hydrogen) atoms. The van der Waals surface area contributed by atoms with Crippen LogP contribution in [0.25, 0.3) is 0 Å². The molecular formula is C22H23FN4O. The molecule has 0 radical (unpaired) electrons. The fourth-order valence-corrected chi connectivity index (χ4v) is 2.86. The minimum absolute atomic E-state index is 0.248. The van der Waals surface area contributed by atoms with E-state index in [0.29, 0.717) is 24.7 Å². The third kappa shape index (κ3) is 5.13. The van der Waals surface area contributed by atoms with Crippen LogP contribution in [0.2, 0.25) is 0 Å². The van der Waals surface area contributed by atoms with Gasteiger partial charge in [0, 0.05) is 18.3 Å². The molecule has 0 fully saturated rings. The number of hydrogen-bond donors (Lipinski definition) is 2. The number of nitrogens with one attached hydrogen (secondary N) is 2. The largest absolute Gasteiger partial charge is 0.370 e. The Bertz CT molecular complexity index is 941. The highest BCUT2D eigenvalue weighted by molar-refractivity contribution is 6.03. The van der Waals surface area contributed by atoms with Gasteiger partial charge in [-0.15, -0.1) is 0 Å². The molecule has 0 spiro atoms. The summed E-state index contributed by atoms with van der Waals surface area (Å²) in [7, 11) is 0. The van der Waals surface area contributed by atoms with Crippen LogP contribution in [-0.4, -0.2) is 22.4 Å². The first-order valence-electron chi connectivity index (χ1n) is 9.23. The van der Waals surface area contributed by atoms with Gasteiger partial charge >= 0.3 is 0 Å². The second-order valence-corrected chi connectivity index (χ2v) is 6.79. The first-order chi connectivity index (χ1) is 13.5. The van der Waals surface area contributed by atoms with Crippen LogP contribution in [0.5, 0.6) is 0 Å². The fourth-order valence-electron chi connectivity index (χ4n) is 2.86. The minimum atomic E-state index is -0.280. The Kier molecular flexibility index (Phi) is 6.32. The van der Waals surface area contributed by atoms with Gasteiger partial charge in [-0.25, -0.2) is 14.4 Å². The second kappa shape index (κ2) is 9.08. The van der Waals surface area contributed by atoms with Crippen molar-refractivity contribution in [2.45, 2.75) is 26.2 Å². The summed E-state index contributed by atoms with van der Waals surface area (Å²) in [5, 5.41) is 6.10. The van der Waals surface area contributed by atoms with Crippen molar-refractivity contribution in [2.24, 2.45) is 0 Å². The van der Waals surface area contributed by atoms with E-state index in [2.05, 4.69) is 34.4 Å². The van der Waals surface area contributed by atoms with Crippen molar-refractivity contribution < 1.29 is 9.18 Å². The average Bonchev–Trinajstić information content (AvgIpc) is 2.70. The standard InChI is InChI=1S/C22H23FN4O/c1-15(2)18-5-3-4-6-19(18)27-22(28)20-13-21(26-14-25-20)24-12-11-16-7-9-17(23)10-8-16/h3-10,13-15H,11-12H2,1-2H3,(H,27,28)(H,24,25,26). The van der Waals surface area contributed by atoms with Gasteiger partial charge in [0.1, 0.15) is 23.7 Å². The molecule has 0 saturated heterocycles. The van der Waals surface area contributed by atoms with Crippen molar-refractivity contribution in [1.82, 2.24) is 9.97 Å². The Morgan fingerprint density at radius 2 is 1.82 bits per heavy atom. The van der Waals surface area contributed by atoms with Crippen molar-refractivity contribution in [3.8, 4) is 0 Å². The zero-order valence-electron chi connectivity index (χ0n) is 15.9. The van der Waals surface area contributed by atoms with Crippen molar-refractivity contribution in [3.63, 3.8) is 0 Å². The minimum Gasteiger partial charge on any atom is -0.370 e. The number of rotatable bonds is 7. The number of hydrogen-bond acceptors (Lipinski definition) is 4. The van der Waals surface area contributed by atoms with Crippen molar-refractivity contribution in [2.75, 3.05) is 17.2 Å². The molecule has 0 unspecified atom stereocenters. The highest BCUT2D eigenvalue weighted by Gasteiger charge is 2.12. The molecule has 0 saturated carbocycles. The number of aromatic nitrogens is 2. The lowest BCUT2D eigenvalue weighted by Crippen LogP contribution is -2.16. The lowest BCUT2D eigenvalue weighted by molar-refractivity contribution is 0.102. The molecule has 0 aliphatic rings. The lowest BCUT2D eigenvalue weighted by Gasteiger charge is -2.13. The summed E-state index contributed by atoms with van der Waals surface area (Å²) < 4.78 is 12.9. The Labute approximate surface area is 164 Å². The van der Waals surface area contributed by atoms with Gasteiger partial charge in [0.15, 0.2) is 0 Å². The first kappa shape index (κ1) is 19.5. The quantitative estimate of drug-likeness (QED) is 0.628. The number of carbonyl (C=O) groups excluding carboxylic acids is 1. The first-order valence-corrected chi connectivity index (χ1v) is 9.23. The number of halogens is 1. The molecule has 2 N–H and O–H groups in total. The molecule has 0 atom stereocenters. The van der Waals surface area contributed by atoms with E-state index in [-0.39, 0.29) is 17.4 Å². The smallest absolute Gasteiger partial charge is 0.274 e. The molecule has 1 aromatic heterocycles. The second-order valence-electron chi connectivity index (χ2n) is 6.79. The van der Waals surface area contributed by atoms with E-state index < -0.39 is 0 Å². The SMILES string of the molecule is CC(C)c1ccccc1NC(=O)c1cc(NCCc2ccc(F)cc2)ncn1. The highest BCUT2D eigenvalue weighted by atomic mass is 19.1. The molecule has 1 amide bonds. The molecule has 3 rings (SSSR count). The molecule has 6 heteroatoms. The summed E-state index contributed by atoms with van der Waals surface area (Å²) in [5.74, 6) is 0.337. The molecule has 0 aliphatic heterocycles. The highest BCUT2D eigenvalue weighted by Crippen LogP contribution is 2.24. The predicted molar refractivity (Wildman–Crippen MR) is 109 cm³/mol. The summed E-state index contributed by atoms with van der Waals surface area (Å²) in [4.78, 5) is 20.8. The van der Waals surface area contributed by atoms with E-state index in [1.807, 2.05) is 24.3 Å². The zero-order valence-corrected chi connectivity index (χ0v) is 15.9. The third-order valence-corrected chi connectivity index (χ3v) is 4.36. The Morgan fingerprint density at radius 1 is 1.07 bits per heavy atom. The zero-order chi connectivity index (χ0) is 19.9. The molecule has 2 aromatic carbocycles. The van der Waals surface area contributed by atoms with Crippen LogP contribution in [0.4, 0.5) is 15.9 Å². The number of carbonyl (C=O) groups is 1. The number of anilines is 2. The van der Waals surface area contributed by atoms with Crippen LogP contribution in [0.15, 0.2) is 60.9 Å². The van der Waals surface area contributed by atoms with Crippen LogP contribution in [0.3, 0.4) is 0 Å². The van der Waals surface area contributed by atoms with Crippen molar-refractivity contribution >= 4 is 17.4 Å². The molecule has 0 aliphatic carbocycles. The Hall–Kier alpha value is -3.28. The summed E-state index contributed by atoms with van der Waals surface area (Å²) in [6.07, 6.45) is 2.08. The summed E-state index contributed by atoms with van der Waals surface area (Å²) >= 11 is 0. The molecule has 1 heterocycles. The maximum absolute atomic E-state index is 12.9. The van der Waals surface area contributed by atoms with Gasteiger partial charge < -0.3 is 10.6 Å². The van der Waals surface area contributed by atoms with Gasteiger partial charge in [-0.2, -0.15) is 0 Å². The van der Waals surface area contributed by atoms with Crippen LogP contribution >= 0.6 is 0 Å². The van der Waals surface area contributed by atoms with Crippen molar-refractivity contribution in [1.29, 1.82) is 0 Å². The van der Waals surface area contributed by atoms with Gasteiger partial charge in [-0.3, -0.25) is 4.79 Å². The summed E-state index contributed by atoms with van der Waals surface area (Å²) in [6.45, 7) is 4.78. The molecule has 0 bridgehead atoms. The topological polar surface area (TPSA) is 66.9 Å². The lowest BCUT2D eigenvalue weighted by atomic mass is 10.0. The number of nitrogens with zero attached hydrogens (tertiary/aromatic N) is 2. The maximum atomic E-state index is 12.9. The normalized spacial score (nSPS) is 10.7. The van der Waals surface area contributed by atoms with Crippen LogP contribution in [0.1, 0.15) is 41.4 Å². The van der Waals surface area contributed by atoms with E-state index in [9.17, 15) is 9.18 Å². The summed E-state index contributed by atoms with van der Waals surface area (Å²) in [5.41, 5.74) is 3.17. The fraction of sp³-hybridized carbons (Fsp3) is 0.227. The monoisotopic (exact) mass is 378 g/mol. The van der Waals surface area contributed by atoms with Gasteiger partial charge in [-0.1, -0.05) is 44.2 Å². The van der Waals surface area contributed by atoms with Crippen LogP contribution in [0, 0.1) is 5.82 Å². The molecule has 144 valence electrons. The molecule has 5 nitrogen and oxygen atoms in total. The van der Waals surface area contributed by atoms with E-state index in [4.69, 9.17) is 0 Å². The van der Waals surface area contributed by atoms with E-state index in [1.54, 1.807) is 18.2 Å². The van der Waals surface area contributed by atoms with Gasteiger partial charge in [0.05, 0.1) is 0 Å². The van der Waals surface area contributed by atoms with E-state index in [0.717, 1.165) is 16.8 Å². The predicted octanol–water partition coefficient (Wildman–Crippen LogP) is 4.65. The van der Waals surface area contributed by atoms with Crippen molar-refractivity contribution in [3.05, 3.63) is 83.6 Å². The maximum Gasteiger partial charge on any atom is 0.274 e. The Morgan fingerprint density at radius 3 is 2.57 bits per heavy atom. The third-order valence-electron chi connectivity index (χ3n) is 4.36. The average molecular weight is 378 g/mol. The number of benzene rings is 2. The number of para-hydroxylation sites is 1. The van der Waals surface area contributed by atoms with Gasteiger partial charge in [-0.05, 0) is 41.7 Å². The molecule has 3 aromatic rings. The van der Waals surface area contributed by atoms with E-state index >= 15 is 0 Å². The molecular weight excluding hydrogens is 355 g/mol. The van der Waals surface area contributed by atoms with Gasteiger partial charge in [0.2, 0.25) is 0 Å². The van der Waals surface area contributed by atoms with Crippen LogP contribution < -0.4 is 10.6 Å². The van der Waals surface area contributed by atoms with Gasteiger partial charge in [0.25, 0.3) is 5.91 Å². The summed E-state index contributed by atoms with van der Waals surface area (Å²) in [6, 6.07) is 15.7. The Balaban J connectivity index is 1.62. The van der Waals surface area contributed by atoms with E-state index in [1.165, 1.54) is 18.5 Å². The van der Waals surface area contributed by atoms with Crippen LogP contribution in [-0.2, 0) is 6.42 Å². The number of amides is 1.